The van der Waals surface area contributed by atoms with E-state index in [4.69, 9.17) is 14.0 Å². The molecule has 1 saturated heterocycles. The van der Waals surface area contributed by atoms with Crippen LogP contribution in [0.4, 0.5) is 10.5 Å². The van der Waals surface area contributed by atoms with Crippen LogP contribution in [-0.2, 0) is 0 Å². The molecule has 2 heterocycles. The molecule has 3 rings (SSSR count). The van der Waals surface area contributed by atoms with Gasteiger partial charge in [-0.2, -0.15) is 0 Å². The molecule has 0 bridgehead atoms. The Bertz CT molecular complexity index is 772. The van der Waals surface area contributed by atoms with E-state index in [2.05, 4.69) is 24.3 Å². The summed E-state index contributed by atoms with van der Waals surface area (Å²) in [4.78, 5) is 14.6. The molecule has 7 nitrogen and oxygen atoms in total. The zero-order valence-electron chi connectivity index (χ0n) is 15.6. The minimum Gasteiger partial charge on any atom is -0.497 e. The van der Waals surface area contributed by atoms with E-state index in [1.807, 2.05) is 6.07 Å². The smallest absolute Gasteiger partial charge is 0.322 e. The van der Waals surface area contributed by atoms with Crippen LogP contribution >= 0.6 is 0 Å². The zero-order chi connectivity index (χ0) is 18.7. The number of anilines is 1. The minimum atomic E-state index is -0.182. The molecule has 0 saturated carbocycles. The second-order valence-corrected chi connectivity index (χ2v) is 6.66. The first kappa shape index (κ1) is 18.1. The summed E-state index contributed by atoms with van der Waals surface area (Å²) in [5.74, 6) is 2.25. The van der Waals surface area contributed by atoms with Gasteiger partial charge in [-0.1, -0.05) is 19.0 Å². The number of likely N-dealkylation sites (tertiary alicyclic amines) is 1. The molecule has 7 heteroatoms. The van der Waals surface area contributed by atoms with Crippen LogP contribution in [0.15, 0.2) is 28.8 Å². The van der Waals surface area contributed by atoms with Crippen molar-refractivity contribution in [3.63, 3.8) is 0 Å². The van der Waals surface area contributed by atoms with Crippen molar-refractivity contribution in [1.29, 1.82) is 0 Å². The van der Waals surface area contributed by atoms with Crippen LogP contribution in [0.5, 0.6) is 11.5 Å². The molecule has 1 aromatic heterocycles. The molecule has 0 spiro atoms. The van der Waals surface area contributed by atoms with Crippen LogP contribution in [0.2, 0.25) is 0 Å². The maximum absolute atomic E-state index is 12.8. The molecule has 0 aliphatic carbocycles. The highest BCUT2D eigenvalue weighted by atomic mass is 16.5. The fraction of sp³-hybridized carbons (Fsp3) is 0.474. The number of ether oxygens (including phenoxy) is 2. The van der Waals surface area contributed by atoms with E-state index in [1.54, 1.807) is 37.3 Å². The Morgan fingerprint density at radius 2 is 2.12 bits per heavy atom. The van der Waals surface area contributed by atoms with Crippen molar-refractivity contribution in [1.82, 2.24) is 10.1 Å². The van der Waals surface area contributed by atoms with Gasteiger partial charge in [0.25, 0.3) is 0 Å². The molecular formula is C19H25N3O4. The molecule has 1 fully saturated rings. The van der Waals surface area contributed by atoms with Crippen LogP contribution in [-0.4, -0.2) is 36.9 Å². The van der Waals surface area contributed by atoms with Gasteiger partial charge in [0.2, 0.25) is 0 Å². The van der Waals surface area contributed by atoms with Crippen molar-refractivity contribution in [2.24, 2.45) is 0 Å². The third-order valence-electron chi connectivity index (χ3n) is 4.63. The van der Waals surface area contributed by atoms with E-state index in [-0.39, 0.29) is 12.1 Å². The van der Waals surface area contributed by atoms with Crippen molar-refractivity contribution in [3.05, 3.63) is 35.7 Å². The van der Waals surface area contributed by atoms with E-state index in [1.165, 1.54) is 0 Å². The highest BCUT2D eigenvalue weighted by Gasteiger charge is 2.33. The molecule has 140 valence electrons. The van der Waals surface area contributed by atoms with Crippen LogP contribution in [0.3, 0.4) is 0 Å². The number of urea groups is 1. The van der Waals surface area contributed by atoms with Crippen LogP contribution in [0, 0.1) is 0 Å². The third kappa shape index (κ3) is 3.61. The average molecular weight is 359 g/mol. The molecule has 1 aliphatic heterocycles. The lowest BCUT2D eigenvalue weighted by atomic mass is 10.1. The molecule has 1 N–H and O–H groups in total. The fourth-order valence-corrected chi connectivity index (χ4v) is 3.13. The number of nitrogens with one attached hydrogen (secondary N) is 1. The summed E-state index contributed by atoms with van der Waals surface area (Å²) in [6.07, 6.45) is 1.79. The maximum atomic E-state index is 12.8. The highest BCUT2D eigenvalue weighted by molar-refractivity contribution is 5.91. The Hall–Kier alpha value is -2.70. The molecule has 2 aromatic rings. The van der Waals surface area contributed by atoms with Gasteiger partial charge in [0.15, 0.2) is 5.76 Å². The zero-order valence-corrected chi connectivity index (χ0v) is 15.6. The van der Waals surface area contributed by atoms with Crippen LogP contribution in [0.1, 0.15) is 50.1 Å². The lowest BCUT2D eigenvalue weighted by Gasteiger charge is -2.23. The summed E-state index contributed by atoms with van der Waals surface area (Å²) in [5, 5.41) is 7.05. The van der Waals surface area contributed by atoms with Gasteiger partial charge >= 0.3 is 6.03 Å². The Morgan fingerprint density at radius 3 is 2.77 bits per heavy atom. The number of hydrogen-bond donors (Lipinski definition) is 1. The van der Waals surface area contributed by atoms with E-state index in [0.717, 1.165) is 24.3 Å². The van der Waals surface area contributed by atoms with Gasteiger partial charge in [0, 0.05) is 18.7 Å². The number of hydrogen-bond acceptors (Lipinski definition) is 5. The summed E-state index contributed by atoms with van der Waals surface area (Å²) in [7, 11) is 3.15. The second-order valence-electron chi connectivity index (χ2n) is 6.66. The largest absolute Gasteiger partial charge is 0.497 e. The molecule has 1 aliphatic rings. The first-order valence-electron chi connectivity index (χ1n) is 8.79. The molecule has 26 heavy (non-hydrogen) atoms. The van der Waals surface area contributed by atoms with Crippen LogP contribution < -0.4 is 14.8 Å². The van der Waals surface area contributed by atoms with E-state index < -0.39 is 0 Å². The van der Waals surface area contributed by atoms with E-state index >= 15 is 0 Å². The monoisotopic (exact) mass is 359 g/mol. The number of carbonyl (C=O) groups is 1. The number of aromatic nitrogens is 1. The average Bonchev–Trinajstić information content (AvgIpc) is 3.30. The number of nitrogens with zero attached hydrogens (tertiary/aromatic N) is 2. The lowest BCUT2D eigenvalue weighted by Crippen LogP contribution is -2.34. The molecule has 2 amide bonds. The Kier molecular flexibility index (Phi) is 5.35. The van der Waals surface area contributed by atoms with Gasteiger partial charge in [-0.3, -0.25) is 0 Å². The fourth-order valence-electron chi connectivity index (χ4n) is 3.13. The number of methoxy groups -OCH3 is 2. The van der Waals surface area contributed by atoms with Gasteiger partial charge < -0.3 is 24.2 Å². The summed E-state index contributed by atoms with van der Waals surface area (Å²) >= 11 is 0. The standard InChI is InChI=1S/C19H25N3O4/c1-12(2)15-11-18(26-21-15)16-6-5-9-22(16)19(23)20-14-8-7-13(24-3)10-17(14)25-4/h7-8,10-12,16H,5-6,9H2,1-4H3,(H,20,23)/t16-/m1/s1. The maximum Gasteiger partial charge on any atom is 0.322 e. The predicted molar refractivity (Wildman–Crippen MR) is 97.8 cm³/mol. The van der Waals surface area contributed by atoms with Crippen molar-refractivity contribution < 1.29 is 18.8 Å². The van der Waals surface area contributed by atoms with Gasteiger partial charge in [-0.05, 0) is 30.9 Å². The van der Waals surface area contributed by atoms with Crippen LogP contribution in [0.25, 0.3) is 0 Å². The van der Waals surface area contributed by atoms with E-state index in [0.29, 0.717) is 29.6 Å². The Labute approximate surface area is 153 Å². The normalized spacial score (nSPS) is 16.8. The van der Waals surface area contributed by atoms with Crippen molar-refractivity contribution in [2.45, 2.75) is 38.6 Å². The predicted octanol–water partition coefficient (Wildman–Crippen LogP) is 4.18. The summed E-state index contributed by atoms with van der Waals surface area (Å²) < 4.78 is 16.0. The quantitative estimate of drug-likeness (QED) is 0.866. The van der Waals surface area contributed by atoms with Crippen molar-refractivity contribution >= 4 is 11.7 Å². The number of amides is 2. The Morgan fingerprint density at radius 1 is 1.31 bits per heavy atom. The number of carbonyl (C=O) groups excluding carboxylic acids is 1. The summed E-state index contributed by atoms with van der Waals surface area (Å²) in [6.45, 7) is 4.81. The van der Waals surface area contributed by atoms with Gasteiger partial charge in [-0.25, -0.2) is 4.79 Å². The second kappa shape index (κ2) is 7.68. The van der Waals surface area contributed by atoms with Crippen molar-refractivity contribution in [2.75, 3.05) is 26.1 Å². The Balaban J connectivity index is 1.76. The molecule has 0 radical (unpaired) electrons. The molecule has 1 aromatic carbocycles. The number of rotatable bonds is 5. The topological polar surface area (TPSA) is 76.8 Å². The molecule has 1 atom stereocenters. The highest BCUT2D eigenvalue weighted by Crippen LogP contribution is 2.35. The van der Waals surface area contributed by atoms with E-state index in [9.17, 15) is 4.79 Å². The van der Waals surface area contributed by atoms with Gasteiger partial charge in [0.1, 0.15) is 11.5 Å². The first-order chi connectivity index (χ1) is 12.5. The molecule has 0 unspecified atom stereocenters. The van der Waals surface area contributed by atoms with Gasteiger partial charge in [-0.15, -0.1) is 0 Å². The lowest BCUT2D eigenvalue weighted by molar-refractivity contribution is 0.195. The minimum absolute atomic E-state index is 0.0979. The molecular weight excluding hydrogens is 334 g/mol. The van der Waals surface area contributed by atoms with Gasteiger partial charge in [0.05, 0.1) is 31.6 Å². The summed E-state index contributed by atoms with van der Waals surface area (Å²) in [6, 6.07) is 6.96. The SMILES string of the molecule is COc1ccc(NC(=O)N2CCC[C@@H]2c2cc(C(C)C)no2)c(OC)c1. The van der Waals surface area contributed by atoms with Crippen molar-refractivity contribution in [3.8, 4) is 11.5 Å². The number of benzene rings is 1. The first-order valence-corrected chi connectivity index (χ1v) is 8.79. The third-order valence-corrected chi connectivity index (χ3v) is 4.63. The summed E-state index contributed by atoms with van der Waals surface area (Å²) in [5.41, 5.74) is 1.51.